The maximum absolute atomic E-state index is 12.3. The molecule has 0 bridgehead atoms. The lowest BCUT2D eigenvalue weighted by Crippen LogP contribution is -2.44. The molecule has 2 aromatic rings. The standard InChI is InChI=1S/C17H19N3O2/c1-2-8-14(13-9-4-3-5-10-13)16(21)19-20-17(22)15-11-6-7-12-18-15/h3-7,9-12,14H,2,8H2,1H3,(H,19,21)(H,20,22). The average molecular weight is 297 g/mol. The van der Waals surface area contributed by atoms with E-state index in [0.717, 1.165) is 18.4 Å². The summed E-state index contributed by atoms with van der Waals surface area (Å²) < 4.78 is 0. The lowest BCUT2D eigenvalue weighted by Gasteiger charge is -2.16. The fourth-order valence-corrected chi connectivity index (χ4v) is 2.19. The molecule has 1 unspecified atom stereocenters. The van der Waals surface area contributed by atoms with E-state index in [1.807, 2.05) is 37.3 Å². The fraction of sp³-hybridized carbons (Fsp3) is 0.235. The van der Waals surface area contributed by atoms with E-state index < -0.39 is 5.91 Å². The first-order valence-corrected chi connectivity index (χ1v) is 7.28. The van der Waals surface area contributed by atoms with E-state index in [1.54, 1.807) is 18.2 Å². The number of amides is 2. The molecule has 0 fully saturated rings. The van der Waals surface area contributed by atoms with Crippen LogP contribution in [0.25, 0.3) is 0 Å². The molecular weight excluding hydrogens is 278 g/mol. The Kier molecular flexibility index (Phi) is 5.65. The van der Waals surface area contributed by atoms with Gasteiger partial charge in [-0.1, -0.05) is 49.7 Å². The Morgan fingerprint density at radius 1 is 1.05 bits per heavy atom. The van der Waals surface area contributed by atoms with Crippen molar-refractivity contribution in [3.05, 3.63) is 66.0 Å². The average Bonchev–Trinajstić information content (AvgIpc) is 2.58. The Morgan fingerprint density at radius 2 is 1.77 bits per heavy atom. The van der Waals surface area contributed by atoms with Crippen LogP contribution in [-0.2, 0) is 4.79 Å². The maximum atomic E-state index is 12.3. The number of rotatable bonds is 5. The first-order chi connectivity index (χ1) is 10.7. The predicted octanol–water partition coefficient (Wildman–Crippen LogP) is 2.43. The molecule has 5 nitrogen and oxygen atoms in total. The summed E-state index contributed by atoms with van der Waals surface area (Å²) in [5, 5.41) is 0. The van der Waals surface area contributed by atoms with Crippen LogP contribution in [0, 0.1) is 0 Å². The Labute approximate surface area is 129 Å². The van der Waals surface area contributed by atoms with Gasteiger partial charge < -0.3 is 0 Å². The largest absolute Gasteiger partial charge is 0.288 e. The highest BCUT2D eigenvalue weighted by molar-refractivity contribution is 5.94. The first kappa shape index (κ1) is 15.7. The molecule has 0 radical (unpaired) electrons. The smallest absolute Gasteiger partial charge is 0.273 e. The second kappa shape index (κ2) is 7.93. The Morgan fingerprint density at radius 3 is 2.41 bits per heavy atom. The summed E-state index contributed by atoms with van der Waals surface area (Å²) in [6.07, 6.45) is 3.12. The van der Waals surface area contributed by atoms with Gasteiger partial charge in [-0.15, -0.1) is 0 Å². The predicted molar refractivity (Wildman–Crippen MR) is 83.9 cm³/mol. The molecule has 1 aromatic carbocycles. The van der Waals surface area contributed by atoms with Crippen LogP contribution < -0.4 is 10.9 Å². The maximum Gasteiger partial charge on any atom is 0.288 e. The number of aromatic nitrogens is 1. The van der Waals surface area contributed by atoms with Crippen LogP contribution in [-0.4, -0.2) is 16.8 Å². The zero-order chi connectivity index (χ0) is 15.8. The van der Waals surface area contributed by atoms with Gasteiger partial charge >= 0.3 is 0 Å². The third kappa shape index (κ3) is 4.15. The van der Waals surface area contributed by atoms with Gasteiger partial charge in [0.25, 0.3) is 5.91 Å². The summed E-state index contributed by atoms with van der Waals surface area (Å²) in [5.41, 5.74) is 6.09. The van der Waals surface area contributed by atoms with Crippen molar-refractivity contribution in [3.8, 4) is 0 Å². The Bertz CT molecular complexity index is 614. The molecule has 0 aliphatic carbocycles. The second-order valence-corrected chi connectivity index (χ2v) is 4.91. The van der Waals surface area contributed by atoms with Crippen LogP contribution in [0.3, 0.4) is 0 Å². The molecule has 0 saturated carbocycles. The molecule has 1 atom stereocenters. The number of carbonyl (C=O) groups excluding carboxylic acids is 2. The van der Waals surface area contributed by atoms with Crippen molar-refractivity contribution in [1.29, 1.82) is 0 Å². The molecule has 22 heavy (non-hydrogen) atoms. The van der Waals surface area contributed by atoms with Crippen molar-refractivity contribution in [2.75, 3.05) is 0 Å². The zero-order valence-corrected chi connectivity index (χ0v) is 12.5. The van der Waals surface area contributed by atoms with Gasteiger partial charge in [0.05, 0.1) is 5.92 Å². The van der Waals surface area contributed by atoms with E-state index >= 15 is 0 Å². The third-order valence-corrected chi connectivity index (χ3v) is 3.29. The highest BCUT2D eigenvalue weighted by Crippen LogP contribution is 2.20. The van der Waals surface area contributed by atoms with Crippen LogP contribution in [0.1, 0.15) is 41.7 Å². The van der Waals surface area contributed by atoms with E-state index in [1.165, 1.54) is 6.20 Å². The van der Waals surface area contributed by atoms with E-state index in [0.29, 0.717) is 0 Å². The molecule has 2 N–H and O–H groups in total. The number of carbonyl (C=O) groups is 2. The van der Waals surface area contributed by atoms with Gasteiger partial charge in [0.15, 0.2) is 0 Å². The summed E-state index contributed by atoms with van der Waals surface area (Å²) in [6, 6.07) is 14.6. The number of hydrogen-bond donors (Lipinski definition) is 2. The number of nitrogens with zero attached hydrogens (tertiary/aromatic N) is 1. The van der Waals surface area contributed by atoms with E-state index in [9.17, 15) is 9.59 Å². The Hall–Kier alpha value is -2.69. The highest BCUT2D eigenvalue weighted by Gasteiger charge is 2.20. The number of benzene rings is 1. The zero-order valence-electron chi connectivity index (χ0n) is 12.5. The minimum atomic E-state index is -0.433. The summed E-state index contributed by atoms with van der Waals surface area (Å²) in [5.74, 6) is -0.940. The lowest BCUT2D eigenvalue weighted by molar-refractivity contribution is -0.123. The van der Waals surface area contributed by atoms with Gasteiger partial charge in [-0.2, -0.15) is 0 Å². The van der Waals surface area contributed by atoms with Crippen molar-refractivity contribution in [2.45, 2.75) is 25.7 Å². The molecular formula is C17H19N3O2. The van der Waals surface area contributed by atoms with Gasteiger partial charge in [0, 0.05) is 6.20 Å². The number of hydrazine groups is 1. The monoisotopic (exact) mass is 297 g/mol. The topological polar surface area (TPSA) is 71.1 Å². The number of hydrogen-bond acceptors (Lipinski definition) is 3. The molecule has 5 heteroatoms. The molecule has 0 aliphatic rings. The first-order valence-electron chi connectivity index (χ1n) is 7.28. The summed E-state index contributed by atoms with van der Waals surface area (Å²) >= 11 is 0. The third-order valence-electron chi connectivity index (χ3n) is 3.29. The lowest BCUT2D eigenvalue weighted by atomic mass is 9.94. The van der Waals surface area contributed by atoms with Crippen molar-refractivity contribution in [3.63, 3.8) is 0 Å². The van der Waals surface area contributed by atoms with Crippen molar-refractivity contribution in [2.24, 2.45) is 0 Å². The Balaban J connectivity index is 1.99. The molecule has 114 valence electrons. The summed E-state index contributed by atoms with van der Waals surface area (Å²) in [4.78, 5) is 28.1. The number of nitrogens with one attached hydrogen (secondary N) is 2. The number of pyridine rings is 1. The fourth-order valence-electron chi connectivity index (χ4n) is 2.19. The minimum Gasteiger partial charge on any atom is -0.273 e. The molecule has 1 heterocycles. The van der Waals surface area contributed by atoms with Crippen LogP contribution in [0.15, 0.2) is 54.7 Å². The summed E-state index contributed by atoms with van der Waals surface area (Å²) in [7, 11) is 0. The molecule has 1 aromatic heterocycles. The van der Waals surface area contributed by atoms with E-state index in [2.05, 4.69) is 15.8 Å². The normalized spacial score (nSPS) is 11.5. The van der Waals surface area contributed by atoms with E-state index in [-0.39, 0.29) is 17.5 Å². The van der Waals surface area contributed by atoms with Crippen LogP contribution in [0.4, 0.5) is 0 Å². The van der Waals surface area contributed by atoms with Crippen molar-refractivity contribution >= 4 is 11.8 Å². The SMILES string of the molecule is CCCC(C(=O)NNC(=O)c1ccccn1)c1ccccc1. The van der Waals surface area contributed by atoms with Gasteiger partial charge in [0.1, 0.15) is 5.69 Å². The van der Waals surface area contributed by atoms with Crippen molar-refractivity contribution < 1.29 is 9.59 Å². The molecule has 0 spiro atoms. The minimum absolute atomic E-state index is 0.225. The second-order valence-electron chi connectivity index (χ2n) is 4.91. The van der Waals surface area contributed by atoms with Gasteiger partial charge in [-0.3, -0.25) is 25.4 Å². The van der Waals surface area contributed by atoms with Gasteiger partial charge in [-0.25, -0.2) is 0 Å². The highest BCUT2D eigenvalue weighted by atomic mass is 16.2. The molecule has 2 amide bonds. The molecule has 2 rings (SSSR count). The van der Waals surface area contributed by atoms with E-state index in [4.69, 9.17) is 0 Å². The van der Waals surface area contributed by atoms with Gasteiger partial charge in [-0.05, 0) is 24.1 Å². The molecule has 0 aliphatic heterocycles. The van der Waals surface area contributed by atoms with Crippen molar-refractivity contribution in [1.82, 2.24) is 15.8 Å². The van der Waals surface area contributed by atoms with Crippen LogP contribution in [0.5, 0.6) is 0 Å². The van der Waals surface area contributed by atoms with Crippen LogP contribution >= 0.6 is 0 Å². The molecule has 0 saturated heterocycles. The van der Waals surface area contributed by atoms with Gasteiger partial charge in [0.2, 0.25) is 5.91 Å². The summed E-state index contributed by atoms with van der Waals surface area (Å²) in [6.45, 7) is 2.02. The quantitative estimate of drug-likeness (QED) is 0.833. The van der Waals surface area contributed by atoms with Crippen LogP contribution in [0.2, 0.25) is 0 Å².